The van der Waals surface area contributed by atoms with Crippen molar-refractivity contribution in [3.63, 3.8) is 0 Å². The zero-order valence-corrected chi connectivity index (χ0v) is 17.6. The van der Waals surface area contributed by atoms with E-state index in [9.17, 15) is 13.2 Å². The van der Waals surface area contributed by atoms with Crippen LogP contribution in [0, 0.1) is 0 Å². The lowest BCUT2D eigenvalue weighted by Crippen LogP contribution is -2.33. The highest BCUT2D eigenvalue weighted by Gasteiger charge is 2.30. The molecule has 0 bridgehead atoms. The van der Waals surface area contributed by atoms with Gasteiger partial charge < -0.3 is 4.90 Å². The Balaban J connectivity index is 1.44. The molecule has 4 rings (SSSR count). The summed E-state index contributed by atoms with van der Waals surface area (Å²) in [6, 6.07) is 12.6. The van der Waals surface area contributed by atoms with Gasteiger partial charge in [-0.3, -0.25) is 4.79 Å². The van der Waals surface area contributed by atoms with Gasteiger partial charge in [0.05, 0.1) is 11.4 Å². The minimum atomic E-state index is -3.66. The Bertz CT molecular complexity index is 1160. The summed E-state index contributed by atoms with van der Waals surface area (Å²) in [6.07, 6.45) is 3.78. The highest BCUT2D eigenvalue weighted by molar-refractivity contribution is 7.89. The van der Waals surface area contributed by atoms with Gasteiger partial charge in [0.25, 0.3) is 0 Å². The minimum Gasteiger partial charge on any atom is -0.309 e. The van der Waals surface area contributed by atoms with Crippen molar-refractivity contribution in [1.82, 2.24) is 19.5 Å². The average molecular weight is 426 g/mol. The molecule has 0 spiro atoms. The molecule has 9 heteroatoms. The smallest absolute Gasteiger partial charge is 0.240 e. The number of aromatic nitrogens is 3. The van der Waals surface area contributed by atoms with E-state index in [0.29, 0.717) is 13.0 Å². The van der Waals surface area contributed by atoms with Gasteiger partial charge in [-0.05, 0) is 48.2 Å². The third-order valence-corrected chi connectivity index (χ3v) is 6.62. The zero-order chi connectivity index (χ0) is 21.3. The molecule has 0 aliphatic carbocycles. The molecule has 1 unspecified atom stereocenters. The van der Waals surface area contributed by atoms with Crippen LogP contribution in [0.3, 0.4) is 0 Å². The van der Waals surface area contributed by atoms with Crippen LogP contribution in [0.2, 0.25) is 0 Å². The molecule has 0 saturated heterocycles. The molecular formula is C21H23N5O3S. The summed E-state index contributed by atoms with van der Waals surface area (Å²) >= 11 is 0. The zero-order valence-electron chi connectivity index (χ0n) is 16.8. The number of hydrogen-bond acceptors (Lipinski definition) is 5. The molecule has 8 nitrogen and oxygen atoms in total. The molecule has 0 fully saturated rings. The van der Waals surface area contributed by atoms with Gasteiger partial charge >= 0.3 is 0 Å². The van der Waals surface area contributed by atoms with E-state index in [1.165, 1.54) is 13.3 Å². The van der Waals surface area contributed by atoms with Crippen LogP contribution >= 0.6 is 0 Å². The van der Waals surface area contributed by atoms with Crippen LogP contribution in [-0.2, 0) is 34.3 Å². The molecule has 1 N–H and O–H groups in total. The predicted molar refractivity (Wildman–Crippen MR) is 112 cm³/mol. The van der Waals surface area contributed by atoms with Crippen molar-refractivity contribution in [3.8, 4) is 0 Å². The summed E-state index contributed by atoms with van der Waals surface area (Å²) in [6.45, 7) is 4.28. The second-order valence-corrected chi connectivity index (χ2v) is 9.23. The Morgan fingerprint density at radius 3 is 2.57 bits per heavy atom. The number of benzene rings is 2. The second kappa shape index (κ2) is 8.00. The Morgan fingerprint density at radius 2 is 1.90 bits per heavy atom. The number of carbonyl (C=O) groups is 1. The number of nitrogens with zero attached hydrogens (tertiary/aromatic N) is 4. The van der Waals surface area contributed by atoms with Crippen LogP contribution in [0.25, 0.3) is 0 Å². The van der Waals surface area contributed by atoms with E-state index in [2.05, 4.69) is 14.8 Å². The van der Waals surface area contributed by atoms with E-state index in [-0.39, 0.29) is 23.4 Å². The summed E-state index contributed by atoms with van der Waals surface area (Å²) in [4.78, 5) is 17.7. The maximum Gasteiger partial charge on any atom is 0.240 e. The minimum absolute atomic E-state index is 0.0273. The lowest BCUT2D eigenvalue weighted by molar-refractivity contribution is -0.116. The number of carbonyl (C=O) groups excluding carboxylic acids is 1. The van der Waals surface area contributed by atoms with Crippen molar-refractivity contribution < 1.29 is 13.2 Å². The monoisotopic (exact) mass is 425 g/mol. The predicted octanol–water partition coefficient (Wildman–Crippen LogP) is 2.10. The van der Waals surface area contributed by atoms with Gasteiger partial charge in [0.15, 0.2) is 0 Å². The first kappa shape index (κ1) is 20.2. The molecule has 2 aromatic carbocycles. The van der Waals surface area contributed by atoms with Crippen LogP contribution in [0.15, 0.2) is 60.0 Å². The Morgan fingerprint density at radius 1 is 1.17 bits per heavy atom. The average Bonchev–Trinajstić information content (AvgIpc) is 3.33. The van der Waals surface area contributed by atoms with Crippen molar-refractivity contribution in [2.45, 2.75) is 44.3 Å². The molecular weight excluding hydrogens is 402 g/mol. The molecule has 1 aliphatic rings. The van der Waals surface area contributed by atoms with Crippen LogP contribution in [0.5, 0.6) is 0 Å². The second-order valence-electron chi connectivity index (χ2n) is 7.47. The van der Waals surface area contributed by atoms with Gasteiger partial charge in [-0.15, -0.1) is 0 Å². The molecule has 30 heavy (non-hydrogen) atoms. The van der Waals surface area contributed by atoms with E-state index in [1.54, 1.807) is 34.1 Å². The first-order chi connectivity index (χ1) is 14.3. The van der Waals surface area contributed by atoms with Gasteiger partial charge in [0.1, 0.15) is 12.7 Å². The number of nitrogens with one attached hydrogen (secondary N) is 1. The summed E-state index contributed by atoms with van der Waals surface area (Å²) in [5.41, 5.74) is 3.57. The van der Waals surface area contributed by atoms with Crippen LogP contribution in [0.4, 0.5) is 5.69 Å². The molecule has 0 saturated carbocycles. The van der Waals surface area contributed by atoms with Gasteiger partial charge in [-0.2, -0.15) is 5.10 Å². The van der Waals surface area contributed by atoms with Crippen LogP contribution in [0.1, 0.15) is 30.5 Å². The van der Waals surface area contributed by atoms with Gasteiger partial charge in [-0.25, -0.2) is 22.8 Å². The highest BCUT2D eigenvalue weighted by atomic mass is 32.2. The number of fused-ring (bicyclic) bond motifs is 1. The topological polar surface area (TPSA) is 97.2 Å². The molecule has 1 aliphatic heterocycles. The van der Waals surface area contributed by atoms with Gasteiger partial charge in [0, 0.05) is 25.2 Å². The normalized spacial score (nSPS) is 15.9. The Labute approximate surface area is 175 Å². The largest absolute Gasteiger partial charge is 0.309 e. The maximum atomic E-state index is 12.8. The molecule has 1 aromatic heterocycles. The van der Waals surface area contributed by atoms with Crippen LogP contribution < -0.4 is 9.62 Å². The molecule has 1 atom stereocenters. The highest BCUT2D eigenvalue weighted by Crippen LogP contribution is 2.33. The standard InChI is InChI=1S/C21H23N5O3S/c1-15-9-19-10-20(7-8-21(19)26(15)16(2)27)30(28,29)24-11-17-3-5-18(6-4-17)12-25-14-22-13-23-25/h3-8,10,13-15,24H,9,11-12H2,1-2H3. The fraction of sp³-hybridized carbons (Fsp3) is 0.286. The number of rotatable bonds is 6. The van der Waals surface area contributed by atoms with E-state index in [4.69, 9.17) is 0 Å². The molecule has 0 radical (unpaired) electrons. The van der Waals surface area contributed by atoms with Crippen molar-refractivity contribution in [1.29, 1.82) is 0 Å². The fourth-order valence-electron chi connectivity index (χ4n) is 3.78. The maximum absolute atomic E-state index is 12.8. The van der Waals surface area contributed by atoms with E-state index < -0.39 is 10.0 Å². The molecule has 156 valence electrons. The number of sulfonamides is 1. The summed E-state index contributed by atoms with van der Waals surface area (Å²) in [7, 11) is -3.66. The summed E-state index contributed by atoms with van der Waals surface area (Å²) < 4.78 is 29.9. The van der Waals surface area contributed by atoms with Crippen molar-refractivity contribution in [2.75, 3.05) is 4.90 Å². The summed E-state index contributed by atoms with van der Waals surface area (Å²) in [5.74, 6) is -0.0396. The molecule has 2 heterocycles. The SMILES string of the molecule is CC(=O)N1c2ccc(S(=O)(=O)NCc3ccc(Cn4cncn4)cc3)cc2CC1C. The molecule has 1 amide bonds. The van der Waals surface area contributed by atoms with Crippen LogP contribution in [-0.4, -0.2) is 35.1 Å². The number of amides is 1. The van der Waals surface area contributed by atoms with Crippen molar-refractivity contribution in [3.05, 3.63) is 71.8 Å². The van der Waals surface area contributed by atoms with Gasteiger partial charge in [-0.1, -0.05) is 24.3 Å². The first-order valence-electron chi connectivity index (χ1n) is 9.66. The Kier molecular flexibility index (Phi) is 5.40. The van der Waals surface area contributed by atoms with Crippen molar-refractivity contribution >= 4 is 21.6 Å². The van der Waals surface area contributed by atoms with Crippen molar-refractivity contribution in [2.24, 2.45) is 0 Å². The van der Waals surface area contributed by atoms with Gasteiger partial charge in [0.2, 0.25) is 15.9 Å². The van der Waals surface area contributed by atoms with E-state index in [0.717, 1.165) is 22.4 Å². The third kappa shape index (κ3) is 4.12. The number of hydrogen-bond donors (Lipinski definition) is 1. The first-order valence-corrected chi connectivity index (χ1v) is 11.1. The Hall–Kier alpha value is -3.04. The summed E-state index contributed by atoms with van der Waals surface area (Å²) in [5, 5.41) is 4.07. The fourth-order valence-corrected chi connectivity index (χ4v) is 4.85. The lowest BCUT2D eigenvalue weighted by atomic mass is 10.1. The van der Waals surface area contributed by atoms with E-state index >= 15 is 0 Å². The lowest BCUT2D eigenvalue weighted by Gasteiger charge is -2.20. The quantitative estimate of drug-likeness (QED) is 0.652. The van der Waals surface area contributed by atoms with E-state index in [1.807, 2.05) is 31.2 Å². The molecule has 3 aromatic rings. The third-order valence-electron chi connectivity index (χ3n) is 5.22. The number of anilines is 1.